The lowest BCUT2D eigenvalue weighted by Crippen LogP contribution is -2.41. The largest absolute Gasteiger partial charge is 0.452 e. The molecule has 4 nitrogen and oxygen atoms in total. The number of likely N-dealkylation sites (tertiary alicyclic amines) is 1. The minimum Gasteiger partial charge on any atom is -0.452 e. The summed E-state index contributed by atoms with van der Waals surface area (Å²) >= 11 is 5.87. The highest BCUT2D eigenvalue weighted by Crippen LogP contribution is 2.25. The summed E-state index contributed by atoms with van der Waals surface area (Å²) in [4.78, 5) is 25.6. The fraction of sp³-hybridized carbons (Fsp3) is 0.571. The second-order valence-electron chi connectivity index (χ2n) is 5.02. The highest BCUT2D eigenvalue weighted by molar-refractivity contribution is 6.32. The van der Waals surface area contributed by atoms with E-state index in [0.717, 1.165) is 25.7 Å². The second kappa shape index (κ2) is 6.24. The van der Waals surface area contributed by atoms with Crippen LogP contribution in [0.1, 0.15) is 49.4 Å². The molecule has 0 spiro atoms. The molecule has 2 heterocycles. The van der Waals surface area contributed by atoms with Crippen molar-refractivity contribution in [2.75, 3.05) is 6.54 Å². The molecule has 19 heavy (non-hydrogen) atoms. The molecule has 0 radical (unpaired) electrons. The lowest BCUT2D eigenvalue weighted by atomic mass is 10.0. The quantitative estimate of drug-likeness (QED) is 0.855. The number of halogens is 1. The van der Waals surface area contributed by atoms with Gasteiger partial charge < -0.3 is 9.32 Å². The van der Waals surface area contributed by atoms with E-state index in [9.17, 15) is 9.59 Å². The van der Waals surface area contributed by atoms with Crippen molar-refractivity contribution in [3.63, 3.8) is 0 Å². The van der Waals surface area contributed by atoms with E-state index in [1.54, 1.807) is 17.9 Å². The Labute approximate surface area is 117 Å². The minimum atomic E-state index is -0.132. The third-order valence-electron chi connectivity index (χ3n) is 3.51. The van der Waals surface area contributed by atoms with Crippen molar-refractivity contribution in [2.24, 2.45) is 0 Å². The van der Waals surface area contributed by atoms with Crippen LogP contribution in [-0.4, -0.2) is 29.2 Å². The van der Waals surface area contributed by atoms with Gasteiger partial charge in [-0.2, -0.15) is 0 Å². The summed E-state index contributed by atoms with van der Waals surface area (Å²) in [5.41, 5.74) is 0.386. The first-order chi connectivity index (χ1) is 9.09. The maximum atomic E-state index is 12.5. The van der Waals surface area contributed by atoms with Crippen molar-refractivity contribution >= 4 is 23.3 Å². The van der Waals surface area contributed by atoms with Crippen molar-refractivity contribution in [2.45, 2.75) is 45.1 Å². The Morgan fingerprint density at radius 1 is 1.42 bits per heavy atom. The van der Waals surface area contributed by atoms with Crippen LogP contribution in [0.15, 0.2) is 16.7 Å². The highest BCUT2D eigenvalue weighted by Gasteiger charge is 2.29. The fourth-order valence-corrected chi connectivity index (χ4v) is 2.78. The predicted molar refractivity (Wildman–Crippen MR) is 72.3 cm³/mol. The number of carbonyl (C=O) groups is 2. The maximum absolute atomic E-state index is 12.5. The Balaban J connectivity index is 2.20. The monoisotopic (exact) mass is 283 g/mol. The topological polar surface area (TPSA) is 50.5 Å². The lowest BCUT2D eigenvalue weighted by Gasteiger charge is -2.29. The molecule has 5 heteroatoms. The number of rotatable bonds is 3. The van der Waals surface area contributed by atoms with Gasteiger partial charge in [-0.15, -0.1) is 0 Å². The molecule has 1 amide bonds. The fourth-order valence-electron chi connectivity index (χ4n) is 2.59. The zero-order valence-corrected chi connectivity index (χ0v) is 11.8. The molecule has 1 atom stereocenters. The number of carbonyl (C=O) groups excluding carboxylic acids is 2. The third-order valence-corrected chi connectivity index (χ3v) is 3.80. The van der Waals surface area contributed by atoms with Crippen LogP contribution in [0.3, 0.4) is 0 Å². The van der Waals surface area contributed by atoms with E-state index in [1.165, 1.54) is 6.26 Å². The van der Waals surface area contributed by atoms with Gasteiger partial charge in [0.05, 0.1) is 11.8 Å². The van der Waals surface area contributed by atoms with Gasteiger partial charge in [0.2, 0.25) is 5.22 Å². The van der Waals surface area contributed by atoms with Crippen LogP contribution >= 0.6 is 11.6 Å². The number of furan rings is 1. The first-order valence-electron chi connectivity index (χ1n) is 6.63. The Morgan fingerprint density at radius 3 is 2.84 bits per heavy atom. The van der Waals surface area contributed by atoms with Crippen LogP contribution in [0, 0.1) is 0 Å². The summed E-state index contributed by atoms with van der Waals surface area (Å²) in [5, 5.41) is 0.121. The lowest BCUT2D eigenvalue weighted by molar-refractivity contribution is -0.118. The van der Waals surface area contributed by atoms with Gasteiger partial charge in [-0.05, 0) is 37.4 Å². The zero-order chi connectivity index (χ0) is 13.8. The summed E-state index contributed by atoms with van der Waals surface area (Å²) in [7, 11) is 0. The van der Waals surface area contributed by atoms with Crippen LogP contribution in [0.4, 0.5) is 0 Å². The third kappa shape index (κ3) is 3.38. The van der Waals surface area contributed by atoms with E-state index < -0.39 is 0 Å². The van der Waals surface area contributed by atoms with Crippen LogP contribution in [-0.2, 0) is 4.79 Å². The van der Waals surface area contributed by atoms with E-state index in [0.29, 0.717) is 18.5 Å². The molecule has 0 N–H and O–H groups in total. The van der Waals surface area contributed by atoms with Crippen molar-refractivity contribution in [3.05, 3.63) is 23.1 Å². The van der Waals surface area contributed by atoms with Gasteiger partial charge in [-0.3, -0.25) is 9.59 Å². The van der Waals surface area contributed by atoms with Crippen molar-refractivity contribution < 1.29 is 14.0 Å². The van der Waals surface area contributed by atoms with E-state index in [2.05, 4.69) is 0 Å². The summed E-state index contributed by atoms with van der Waals surface area (Å²) in [6, 6.07) is 1.57. The number of nitrogens with zero attached hydrogens (tertiary/aromatic N) is 1. The Bertz CT molecular complexity index is 469. The molecule has 1 aromatic heterocycles. The van der Waals surface area contributed by atoms with E-state index in [1.807, 2.05) is 0 Å². The molecular formula is C14H18ClNO3. The number of Topliss-reactive ketones (excluding diaryl/α,β-unsaturated/α-hetero) is 1. The summed E-state index contributed by atoms with van der Waals surface area (Å²) in [5.74, 6) is -0.0186. The summed E-state index contributed by atoms with van der Waals surface area (Å²) < 4.78 is 4.98. The maximum Gasteiger partial charge on any atom is 0.258 e. The first-order valence-corrected chi connectivity index (χ1v) is 7.01. The SMILES string of the molecule is CC(=O)CC1CCCCCN1C(=O)c1ccoc1Cl. The Morgan fingerprint density at radius 2 is 2.21 bits per heavy atom. The van der Waals surface area contributed by atoms with Crippen LogP contribution < -0.4 is 0 Å². The van der Waals surface area contributed by atoms with Gasteiger partial charge in [-0.1, -0.05) is 12.8 Å². The molecule has 2 rings (SSSR count). The van der Waals surface area contributed by atoms with E-state index in [-0.39, 0.29) is 23.0 Å². The minimum absolute atomic E-state index is 0.0153. The van der Waals surface area contributed by atoms with Gasteiger partial charge >= 0.3 is 0 Å². The van der Waals surface area contributed by atoms with E-state index in [4.69, 9.17) is 16.0 Å². The van der Waals surface area contributed by atoms with Crippen LogP contribution in [0.5, 0.6) is 0 Å². The van der Waals surface area contributed by atoms with Gasteiger partial charge in [0, 0.05) is 19.0 Å². The average Bonchev–Trinajstić information content (AvgIpc) is 2.64. The number of hydrogen-bond acceptors (Lipinski definition) is 3. The molecule has 0 saturated carbocycles. The normalized spacial score (nSPS) is 20.1. The standard InChI is InChI=1S/C14H18ClNO3/c1-10(17)9-11-5-3-2-4-7-16(11)14(18)12-6-8-19-13(12)15/h6,8,11H,2-5,7,9H2,1H3. The van der Waals surface area contributed by atoms with Gasteiger partial charge in [-0.25, -0.2) is 0 Å². The van der Waals surface area contributed by atoms with Crippen molar-refractivity contribution in [1.29, 1.82) is 0 Å². The highest BCUT2D eigenvalue weighted by atomic mass is 35.5. The molecule has 0 aliphatic carbocycles. The Hall–Kier alpha value is -1.29. The summed E-state index contributed by atoms with van der Waals surface area (Å²) in [6.45, 7) is 2.25. The molecule has 1 fully saturated rings. The van der Waals surface area contributed by atoms with Crippen molar-refractivity contribution in [3.8, 4) is 0 Å². The Kier molecular flexibility index (Phi) is 4.64. The molecule has 0 aromatic carbocycles. The number of amides is 1. The molecule has 0 bridgehead atoms. The molecule has 1 unspecified atom stereocenters. The zero-order valence-electron chi connectivity index (χ0n) is 11.0. The summed E-state index contributed by atoms with van der Waals surface area (Å²) in [6.07, 6.45) is 5.82. The number of ketones is 1. The molecule has 1 aliphatic heterocycles. The van der Waals surface area contributed by atoms with Gasteiger partial charge in [0.15, 0.2) is 0 Å². The predicted octanol–water partition coefficient (Wildman–Crippen LogP) is 3.30. The van der Waals surface area contributed by atoms with Crippen LogP contribution in [0.25, 0.3) is 0 Å². The van der Waals surface area contributed by atoms with Crippen LogP contribution in [0.2, 0.25) is 5.22 Å². The average molecular weight is 284 g/mol. The molecule has 1 aromatic rings. The van der Waals surface area contributed by atoms with Gasteiger partial charge in [0.1, 0.15) is 5.78 Å². The second-order valence-corrected chi connectivity index (χ2v) is 5.36. The molecule has 1 saturated heterocycles. The molecule has 1 aliphatic rings. The van der Waals surface area contributed by atoms with Gasteiger partial charge in [0.25, 0.3) is 5.91 Å². The van der Waals surface area contributed by atoms with Crippen molar-refractivity contribution in [1.82, 2.24) is 4.90 Å². The smallest absolute Gasteiger partial charge is 0.258 e. The van der Waals surface area contributed by atoms with E-state index >= 15 is 0 Å². The molecule has 104 valence electrons. The molecular weight excluding hydrogens is 266 g/mol. The first kappa shape index (κ1) is 14.1. The number of hydrogen-bond donors (Lipinski definition) is 0.